The van der Waals surface area contributed by atoms with E-state index in [9.17, 15) is 4.79 Å². The highest BCUT2D eigenvalue weighted by atomic mass is 35.5. The van der Waals surface area contributed by atoms with Crippen molar-refractivity contribution in [3.05, 3.63) is 69.8 Å². The molecule has 0 saturated heterocycles. The van der Waals surface area contributed by atoms with E-state index in [1.165, 1.54) is 22.7 Å². The Morgan fingerprint density at radius 1 is 1.12 bits per heavy atom. The first-order chi connectivity index (χ1) is 12.7. The molecule has 3 aromatic heterocycles. The lowest BCUT2D eigenvalue weighted by molar-refractivity contribution is 0.0462. The molecule has 4 aromatic rings. The van der Waals surface area contributed by atoms with E-state index in [1.54, 1.807) is 29.8 Å². The number of ether oxygens (including phenoxy) is 1. The third-order valence-electron chi connectivity index (χ3n) is 3.42. The average Bonchev–Trinajstić information content (AvgIpc) is 3.40. The Hall–Kier alpha value is -2.48. The van der Waals surface area contributed by atoms with Gasteiger partial charge in [-0.1, -0.05) is 23.7 Å². The minimum atomic E-state index is -0.484. The van der Waals surface area contributed by atoms with Gasteiger partial charge in [0.05, 0.1) is 12.0 Å². The molecule has 0 spiro atoms. The molecule has 0 bridgehead atoms. The van der Waals surface area contributed by atoms with Crippen LogP contribution in [0.1, 0.15) is 16.2 Å². The maximum Gasteiger partial charge on any atom is 0.358 e. The van der Waals surface area contributed by atoms with Gasteiger partial charge in [-0.25, -0.2) is 14.8 Å². The van der Waals surface area contributed by atoms with E-state index in [4.69, 9.17) is 20.8 Å². The molecular formula is C18H11ClN2O3S2. The number of thiazole rings is 2. The normalized spacial score (nSPS) is 10.8. The molecule has 4 rings (SSSR count). The fourth-order valence-electron chi connectivity index (χ4n) is 2.22. The van der Waals surface area contributed by atoms with Crippen LogP contribution in [0.15, 0.2) is 57.8 Å². The second kappa shape index (κ2) is 7.41. The molecule has 0 radical (unpaired) electrons. The SMILES string of the molecule is O=C(OCc1csc(-c2ccco2)n1)c1csc(-c2cccc(Cl)c2)n1. The van der Waals surface area contributed by atoms with Crippen LogP contribution in [0.5, 0.6) is 0 Å². The lowest BCUT2D eigenvalue weighted by atomic mass is 10.2. The van der Waals surface area contributed by atoms with Crippen molar-refractivity contribution in [3.63, 3.8) is 0 Å². The lowest BCUT2D eigenvalue weighted by Crippen LogP contribution is -2.05. The van der Waals surface area contributed by atoms with Crippen LogP contribution in [0.2, 0.25) is 5.02 Å². The zero-order chi connectivity index (χ0) is 17.9. The van der Waals surface area contributed by atoms with E-state index < -0.39 is 5.97 Å². The highest BCUT2D eigenvalue weighted by molar-refractivity contribution is 7.13. The fraction of sp³-hybridized carbons (Fsp3) is 0.0556. The largest absolute Gasteiger partial charge is 0.462 e. The molecule has 130 valence electrons. The first-order valence-corrected chi connectivity index (χ1v) is 9.69. The zero-order valence-electron chi connectivity index (χ0n) is 13.2. The Balaban J connectivity index is 1.41. The molecule has 5 nitrogen and oxygen atoms in total. The molecular weight excluding hydrogens is 392 g/mol. The first kappa shape index (κ1) is 17.0. The molecule has 0 aliphatic carbocycles. The van der Waals surface area contributed by atoms with Gasteiger partial charge in [0.25, 0.3) is 0 Å². The van der Waals surface area contributed by atoms with Crippen LogP contribution < -0.4 is 0 Å². The van der Waals surface area contributed by atoms with E-state index in [0.29, 0.717) is 21.5 Å². The van der Waals surface area contributed by atoms with Crippen molar-refractivity contribution in [2.24, 2.45) is 0 Å². The Bertz CT molecular complexity index is 1040. The lowest BCUT2D eigenvalue weighted by Gasteiger charge is -2.00. The van der Waals surface area contributed by atoms with Crippen LogP contribution >= 0.6 is 34.3 Å². The summed E-state index contributed by atoms with van der Waals surface area (Å²) in [5, 5.41) is 5.60. The van der Waals surface area contributed by atoms with Gasteiger partial charge in [-0.05, 0) is 24.3 Å². The van der Waals surface area contributed by atoms with E-state index in [-0.39, 0.29) is 12.3 Å². The van der Waals surface area contributed by atoms with Crippen LogP contribution in [0.25, 0.3) is 21.3 Å². The molecule has 0 aliphatic heterocycles. The van der Waals surface area contributed by atoms with Gasteiger partial charge in [0.2, 0.25) is 0 Å². The average molecular weight is 403 g/mol. The van der Waals surface area contributed by atoms with E-state index in [1.807, 2.05) is 23.6 Å². The second-order valence-corrected chi connectivity index (χ2v) is 7.40. The minimum Gasteiger partial charge on any atom is -0.462 e. The molecule has 0 N–H and O–H groups in total. The summed E-state index contributed by atoms with van der Waals surface area (Å²) in [6, 6.07) is 11.0. The quantitative estimate of drug-likeness (QED) is 0.410. The molecule has 26 heavy (non-hydrogen) atoms. The molecule has 8 heteroatoms. The summed E-state index contributed by atoms with van der Waals surface area (Å²) in [6.45, 7) is 0.0834. The number of esters is 1. The third-order valence-corrected chi connectivity index (χ3v) is 5.45. The third kappa shape index (κ3) is 3.70. The van der Waals surface area contributed by atoms with Crippen molar-refractivity contribution >= 4 is 40.2 Å². The summed E-state index contributed by atoms with van der Waals surface area (Å²) < 4.78 is 10.6. The van der Waals surface area contributed by atoms with Gasteiger partial charge >= 0.3 is 5.97 Å². The molecule has 0 atom stereocenters. The number of benzene rings is 1. The molecule has 3 heterocycles. The fourth-order valence-corrected chi connectivity index (χ4v) is 3.97. The van der Waals surface area contributed by atoms with Gasteiger partial charge in [-0.15, -0.1) is 22.7 Å². The number of aromatic nitrogens is 2. The number of hydrogen-bond donors (Lipinski definition) is 0. The number of carbonyl (C=O) groups excluding carboxylic acids is 1. The summed E-state index contributed by atoms with van der Waals surface area (Å²) in [6.07, 6.45) is 1.59. The van der Waals surface area contributed by atoms with Crippen LogP contribution in [-0.2, 0) is 11.3 Å². The number of halogens is 1. The molecule has 0 unspecified atom stereocenters. The number of furan rings is 1. The van der Waals surface area contributed by atoms with Gasteiger partial charge in [-0.3, -0.25) is 0 Å². The molecule has 0 fully saturated rings. The zero-order valence-corrected chi connectivity index (χ0v) is 15.6. The summed E-state index contributed by atoms with van der Waals surface area (Å²) in [7, 11) is 0. The Labute approximate surface area is 161 Å². The predicted octanol–water partition coefficient (Wildman–Crippen LogP) is 5.54. The van der Waals surface area contributed by atoms with Gasteiger partial charge in [0.1, 0.15) is 11.6 Å². The maximum absolute atomic E-state index is 12.2. The first-order valence-electron chi connectivity index (χ1n) is 7.56. The number of hydrogen-bond acceptors (Lipinski definition) is 7. The van der Waals surface area contributed by atoms with Crippen molar-refractivity contribution in [2.75, 3.05) is 0 Å². The van der Waals surface area contributed by atoms with Crippen LogP contribution in [0.4, 0.5) is 0 Å². The van der Waals surface area contributed by atoms with E-state index in [0.717, 1.165) is 10.6 Å². The minimum absolute atomic E-state index is 0.0834. The van der Waals surface area contributed by atoms with Crippen molar-refractivity contribution in [1.29, 1.82) is 0 Å². The van der Waals surface area contributed by atoms with E-state index >= 15 is 0 Å². The number of nitrogens with zero attached hydrogens (tertiary/aromatic N) is 2. The van der Waals surface area contributed by atoms with Crippen molar-refractivity contribution < 1.29 is 13.9 Å². The molecule has 0 aliphatic rings. The summed E-state index contributed by atoms with van der Waals surface area (Å²) in [5.41, 5.74) is 1.80. The van der Waals surface area contributed by atoms with Crippen LogP contribution in [0.3, 0.4) is 0 Å². The van der Waals surface area contributed by atoms with Crippen LogP contribution in [-0.4, -0.2) is 15.9 Å². The Morgan fingerprint density at radius 3 is 2.81 bits per heavy atom. The summed E-state index contributed by atoms with van der Waals surface area (Å²) in [4.78, 5) is 20.9. The van der Waals surface area contributed by atoms with Crippen molar-refractivity contribution in [3.8, 4) is 21.3 Å². The van der Waals surface area contributed by atoms with Gasteiger partial charge in [-0.2, -0.15) is 0 Å². The second-order valence-electron chi connectivity index (χ2n) is 5.25. The number of rotatable bonds is 5. The standard InChI is InChI=1S/C18H11ClN2O3S2/c19-12-4-1-3-11(7-12)16-21-14(10-26-16)18(22)24-8-13-9-25-17(20-13)15-5-2-6-23-15/h1-7,9-10H,8H2. The highest BCUT2D eigenvalue weighted by Gasteiger charge is 2.15. The van der Waals surface area contributed by atoms with E-state index in [2.05, 4.69) is 9.97 Å². The van der Waals surface area contributed by atoms with Crippen LogP contribution in [0, 0.1) is 0 Å². The molecule has 0 amide bonds. The van der Waals surface area contributed by atoms with Gasteiger partial charge in [0, 0.05) is 21.3 Å². The summed E-state index contributed by atoms with van der Waals surface area (Å²) in [5.74, 6) is 0.209. The van der Waals surface area contributed by atoms with Crippen molar-refractivity contribution in [2.45, 2.75) is 6.61 Å². The topological polar surface area (TPSA) is 65.2 Å². The Kier molecular flexibility index (Phi) is 4.83. The molecule has 1 aromatic carbocycles. The smallest absolute Gasteiger partial charge is 0.358 e. The molecule has 0 saturated carbocycles. The number of carbonyl (C=O) groups is 1. The maximum atomic E-state index is 12.2. The monoisotopic (exact) mass is 402 g/mol. The Morgan fingerprint density at radius 2 is 2.00 bits per heavy atom. The van der Waals surface area contributed by atoms with Gasteiger partial charge in [0.15, 0.2) is 16.5 Å². The highest BCUT2D eigenvalue weighted by Crippen LogP contribution is 2.27. The predicted molar refractivity (Wildman–Crippen MR) is 101 cm³/mol. The van der Waals surface area contributed by atoms with Gasteiger partial charge < -0.3 is 9.15 Å². The summed E-state index contributed by atoms with van der Waals surface area (Å²) >= 11 is 8.80. The van der Waals surface area contributed by atoms with Crippen molar-refractivity contribution in [1.82, 2.24) is 9.97 Å².